The molecule has 36 heavy (non-hydrogen) atoms. The Hall–Kier alpha value is -2.97. The molecule has 0 spiro atoms. The van der Waals surface area contributed by atoms with Crippen LogP contribution in [0.5, 0.6) is 5.75 Å². The molecule has 1 saturated heterocycles. The summed E-state index contributed by atoms with van der Waals surface area (Å²) in [6.07, 6.45) is -0.827. The van der Waals surface area contributed by atoms with Gasteiger partial charge in [-0.1, -0.05) is 30.3 Å². The predicted molar refractivity (Wildman–Crippen MR) is 133 cm³/mol. The minimum atomic E-state index is -3.02. The maximum Gasteiger partial charge on any atom is 0.278 e. The molecule has 3 aliphatic rings. The molecule has 4 heterocycles. The summed E-state index contributed by atoms with van der Waals surface area (Å²) in [5, 5.41) is 1.61. The summed E-state index contributed by atoms with van der Waals surface area (Å²) in [6.45, 7) is -0.209. The Bertz CT molecular complexity index is 1450. The number of fused-ring (bicyclic) bond motifs is 4. The first-order valence-electron chi connectivity index (χ1n) is 11.4. The number of alkyl halides is 2. The molecule has 1 fully saturated rings. The Morgan fingerprint density at radius 3 is 2.69 bits per heavy atom. The van der Waals surface area contributed by atoms with E-state index in [0.717, 1.165) is 16.0 Å². The number of piperidine rings is 1. The number of aromatic nitrogens is 1. The van der Waals surface area contributed by atoms with Gasteiger partial charge in [-0.2, -0.15) is 0 Å². The molecule has 3 aromatic rings. The molecule has 3 aliphatic heterocycles. The number of amides is 1. The van der Waals surface area contributed by atoms with Crippen LogP contribution < -0.4 is 15.0 Å². The number of nitrogens with zero attached hydrogens (tertiary/aromatic N) is 3. The second kappa shape index (κ2) is 8.56. The Labute approximate surface area is 211 Å². The van der Waals surface area contributed by atoms with Crippen LogP contribution in [0.2, 0.25) is 0 Å². The SMILES string of the molecule is O=C1c2c(OP)c(=O)ccn2N([C@@H]2c3ccccc3SCc3cccc(F)c32)[C@@H]2CC(F)(F)CCN12. The Kier molecular flexibility index (Phi) is 5.57. The van der Waals surface area contributed by atoms with E-state index in [-0.39, 0.29) is 18.0 Å². The fourth-order valence-corrected chi connectivity index (χ4v) is 6.72. The summed E-state index contributed by atoms with van der Waals surface area (Å²) in [6, 6.07) is 12.7. The highest BCUT2D eigenvalue weighted by Gasteiger charge is 2.52. The van der Waals surface area contributed by atoms with Crippen LogP contribution in [-0.2, 0) is 5.75 Å². The summed E-state index contributed by atoms with van der Waals surface area (Å²) < 4.78 is 52.0. The van der Waals surface area contributed by atoms with Gasteiger partial charge in [0.25, 0.3) is 11.8 Å². The van der Waals surface area contributed by atoms with E-state index in [1.165, 1.54) is 27.9 Å². The second-order valence-electron chi connectivity index (χ2n) is 9.03. The van der Waals surface area contributed by atoms with Gasteiger partial charge >= 0.3 is 0 Å². The van der Waals surface area contributed by atoms with E-state index in [1.54, 1.807) is 22.8 Å². The van der Waals surface area contributed by atoms with Crippen molar-refractivity contribution in [2.24, 2.45) is 0 Å². The van der Waals surface area contributed by atoms with Crippen molar-refractivity contribution in [2.45, 2.75) is 41.6 Å². The lowest BCUT2D eigenvalue weighted by molar-refractivity contribution is -0.0785. The quantitative estimate of drug-likeness (QED) is 0.449. The van der Waals surface area contributed by atoms with E-state index in [9.17, 15) is 18.4 Å². The minimum absolute atomic E-state index is 0.0776. The molecule has 2 aromatic carbocycles. The van der Waals surface area contributed by atoms with Crippen LogP contribution in [0.15, 0.2) is 64.4 Å². The van der Waals surface area contributed by atoms with Gasteiger partial charge in [-0.05, 0) is 23.3 Å². The van der Waals surface area contributed by atoms with Crippen LogP contribution in [0.3, 0.4) is 0 Å². The molecule has 186 valence electrons. The summed E-state index contributed by atoms with van der Waals surface area (Å²) in [5.74, 6) is -3.78. The topological polar surface area (TPSA) is 54.8 Å². The Morgan fingerprint density at radius 1 is 1.08 bits per heavy atom. The largest absolute Gasteiger partial charge is 0.474 e. The number of halogens is 3. The first-order valence-corrected chi connectivity index (χ1v) is 12.9. The number of benzene rings is 2. The average molecular weight is 531 g/mol. The first-order chi connectivity index (χ1) is 17.3. The van der Waals surface area contributed by atoms with Crippen molar-refractivity contribution in [3.8, 4) is 5.75 Å². The van der Waals surface area contributed by atoms with Crippen molar-refractivity contribution in [1.29, 1.82) is 0 Å². The zero-order chi connectivity index (χ0) is 25.2. The summed E-state index contributed by atoms with van der Waals surface area (Å²) >= 11 is 1.54. The highest BCUT2D eigenvalue weighted by atomic mass is 32.2. The molecule has 11 heteroatoms. The predicted octanol–water partition coefficient (Wildman–Crippen LogP) is 4.70. The van der Waals surface area contributed by atoms with E-state index in [0.29, 0.717) is 11.3 Å². The number of pyridine rings is 1. The highest BCUT2D eigenvalue weighted by Crippen LogP contribution is 2.47. The third-order valence-electron chi connectivity index (χ3n) is 7.01. The molecule has 0 aliphatic carbocycles. The third-order valence-corrected chi connectivity index (χ3v) is 8.38. The normalized spacial score (nSPS) is 22.2. The molecule has 6 rings (SSSR count). The molecule has 3 atom stereocenters. The van der Waals surface area contributed by atoms with Crippen molar-refractivity contribution in [3.05, 3.63) is 93.2 Å². The number of hydrogen-bond donors (Lipinski definition) is 0. The lowest BCUT2D eigenvalue weighted by Crippen LogP contribution is -2.66. The molecular formula is C25H21F3N3O3PS. The van der Waals surface area contributed by atoms with Crippen molar-refractivity contribution in [3.63, 3.8) is 0 Å². The van der Waals surface area contributed by atoms with Gasteiger partial charge in [-0.15, -0.1) is 11.8 Å². The average Bonchev–Trinajstić information content (AvgIpc) is 3.02. The van der Waals surface area contributed by atoms with Crippen molar-refractivity contribution < 1.29 is 22.5 Å². The van der Waals surface area contributed by atoms with Gasteiger partial charge in [0.1, 0.15) is 18.0 Å². The maximum atomic E-state index is 15.6. The number of hydrogen-bond acceptors (Lipinski definition) is 5. The number of thioether (sulfide) groups is 1. The Balaban J connectivity index is 1.69. The third kappa shape index (κ3) is 3.53. The smallest absolute Gasteiger partial charge is 0.278 e. The standard InChI is InChI=1S/C25H21F3N3O3PS/c26-16-6-3-4-14-13-36-18-7-2-1-5-15(18)21(20(14)16)31-19-12-25(27,28)9-11-29(19)24(33)22-23(34-35)17(32)8-10-30(22)31/h1-8,10,19,21H,9,11-13,35H2/t19-,21-/m1/s1. The van der Waals surface area contributed by atoms with Gasteiger partial charge in [0.05, 0.1) is 15.9 Å². The Morgan fingerprint density at radius 2 is 1.89 bits per heavy atom. The van der Waals surface area contributed by atoms with Gasteiger partial charge in [0, 0.05) is 41.4 Å². The fourth-order valence-electron chi connectivity index (χ4n) is 5.41. The number of rotatable bonds is 2. The van der Waals surface area contributed by atoms with Crippen molar-refractivity contribution in [1.82, 2.24) is 9.58 Å². The van der Waals surface area contributed by atoms with Crippen LogP contribution in [-0.4, -0.2) is 34.1 Å². The van der Waals surface area contributed by atoms with Crippen LogP contribution in [0, 0.1) is 5.82 Å². The molecule has 0 saturated carbocycles. The van der Waals surface area contributed by atoms with Gasteiger partial charge < -0.3 is 9.42 Å². The molecule has 0 N–H and O–H groups in total. The van der Waals surface area contributed by atoms with Gasteiger partial charge in [-0.3, -0.25) is 19.3 Å². The monoisotopic (exact) mass is 531 g/mol. The van der Waals surface area contributed by atoms with Crippen LogP contribution in [0.25, 0.3) is 0 Å². The van der Waals surface area contributed by atoms with Crippen LogP contribution in [0.4, 0.5) is 13.2 Å². The first kappa shape index (κ1) is 23.4. The molecular weight excluding hydrogens is 510 g/mol. The zero-order valence-electron chi connectivity index (χ0n) is 18.9. The summed E-state index contributed by atoms with van der Waals surface area (Å²) in [4.78, 5) is 28.4. The second-order valence-corrected chi connectivity index (χ2v) is 10.3. The lowest BCUT2D eigenvalue weighted by Gasteiger charge is -2.53. The minimum Gasteiger partial charge on any atom is -0.474 e. The maximum absolute atomic E-state index is 15.6. The molecule has 1 aromatic heterocycles. The van der Waals surface area contributed by atoms with E-state index in [2.05, 4.69) is 0 Å². The lowest BCUT2D eigenvalue weighted by atomic mass is 9.91. The molecule has 6 nitrogen and oxygen atoms in total. The molecule has 1 unspecified atom stereocenters. The van der Waals surface area contributed by atoms with Gasteiger partial charge in [0.15, 0.2) is 5.69 Å². The van der Waals surface area contributed by atoms with Crippen molar-refractivity contribution in [2.75, 3.05) is 11.6 Å². The molecule has 0 radical (unpaired) electrons. The van der Waals surface area contributed by atoms with Crippen LogP contribution in [0.1, 0.15) is 46.1 Å². The number of carbonyl (C=O) groups excluding carboxylic acids is 1. The molecule has 0 bridgehead atoms. The fraction of sp³-hybridized carbons (Fsp3) is 0.280. The van der Waals surface area contributed by atoms with Gasteiger partial charge in [0.2, 0.25) is 11.2 Å². The van der Waals surface area contributed by atoms with Gasteiger partial charge in [-0.25, -0.2) is 13.2 Å². The molecule has 1 amide bonds. The van der Waals surface area contributed by atoms with E-state index >= 15 is 4.39 Å². The highest BCUT2D eigenvalue weighted by molar-refractivity contribution is 7.98. The summed E-state index contributed by atoms with van der Waals surface area (Å²) in [5.41, 5.74) is 1.22. The van der Waals surface area contributed by atoms with E-state index in [4.69, 9.17) is 4.52 Å². The van der Waals surface area contributed by atoms with E-state index in [1.807, 2.05) is 39.8 Å². The zero-order valence-corrected chi connectivity index (χ0v) is 20.8. The van der Waals surface area contributed by atoms with Crippen LogP contribution >= 0.6 is 21.2 Å². The van der Waals surface area contributed by atoms with E-state index < -0.39 is 48.1 Å². The number of carbonyl (C=O) groups is 1. The van der Waals surface area contributed by atoms with Crippen molar-refractivity contribution >= 4 is 27.1 Å². The summed E-state index contributed by atoms with van der Waals surface area (Å²) in [7, 11) is 1.97.